The highest BCUT2D eigenvalue weighted by Gasteiger charge is 2.13. The van der Waals surface area contributed by atoms with Crippen molar-refractivity contribution in [2.24, 2.45) is 0 Å². The summed E-state index contributed by atoms with van der Waals surface area (Å²) >= 11 is 6.11. The summed E-state index contributed by atoms with van der Waals surface area (Å²) in [5.74, 6) is 0.00648. The molecule has 3 rings (SSSR count). The Labute approximate surface area is 115 Å². The maximum absolute atomic E-state index is 12.2. The number of carbonyl (C=O) groups excluding carboxylic acids is 1. The van der Waals surface area contributed by atoms with Gasteiger partial charge in [0.25, 0.3) is 0 Å². The van der Waals surface area contributed by atoms with E-state index in [0.717, 1.165) is 16.6 Å². The normalized spacial score (nSPS) is 11.1. The van der Waals surface area contributed by atoms with Gasteiger partial charge in [-0.2, -0.15) is 0 Å². The average molecular weight is 273 g/mol. The molecule has 0 bridgehead atoms. The lowest BCUT2D eigenvalue weighted by Gasteiger charge is -2.16. The maximum atomic E-state index is 12.2. The molecule has 0 spiro atoms. The van der Waals surface area contributed by atoms with E-state index >= 15 is 0 Å². The minimum atomic E-state index is 0.00648. The number of nitrogens with zero attached hydrogens (tertiary/aromatic N) is 1. The van der Waals surface area contributed by atoms with E-state index in [-0.39, 0.29) is 12.3 Å². The zero-order valence-corrected chi connectivity index (χ0v) is 11.2. The summed E-state index contributed by atoms with van der Waals surface area (Å²) in [6, 6.07) is 13.4. The quantitative estimate of drug-likeness (QED) is 0.723. The van der Waals surface area contributed by atoms with Crippen molar-refractivity contribution in [3.63, 3.8) is 0 Å². The van der Waals surface area contributed by atoms with Crippen LogP contribution in [0.1, 0.15) is 15.9 Å². The number of ketones is 1. The van der Waals surface area contributed by atoms with E-state index in [1.54, 1.807) is 6.07 Å². The molecule has 0 atom stereocenters. The van der Waals surface area contributed by atoms with Gasteiger partial charge in [-0.3, -0.25) is 14.6 Å². The Morgan fingerprint density at radius 1 is 1.26 bits per heavy atom. The Morgan fingerprint density at radius 3 is 2.79 bits per heavy atom. The van der Waals surface area contributed by atoms with Gasteiger partial charge in [0.15, 0.2) is 5.78 Å². The number of halogens is 1. The fourth-order valence-electron chi connectivity index (χ4n) is 2.16. The number of hydrogen-bond donors (Lipinski definition) is 1. The molecule has 96 valence electrons. The first-order chi connectivity index (χ1) is 9.15. The van der Waals surface area contributed by atoms with Crippen molar-refractivity contribution in [1.82, 2.24) is 9.78 Å². The molecule has 2 aromatic carbocycles. The molecular weight excluding hydrogens is 260 g/mol. The molecule has 3 aromatic rings. The predicted octanol–water partition coefficient (Wildman–Crippen LogP) is 3.81. The van der Waals surface area contributed by atoms with Crippen LogP contribution in [0, 0.1) is 6.92 Å². The molecule has 4 heteroatoms. The van der Waals surface area contributed by atoms with E-state index in [4.69, 9.17) is 11.6 Å². The third-order valence-corrected chi connectivity index (χ3v) is 3.49. The van der Waals surface area contributed by atoms with E-state index in [0.29, 0.717) is 10.6 Å². The van der Waals surface area contributed by atoms with Crippen LogP contribution in [0.4, 0.5) is 0 Å². The number of rotatable bonds is 3. The Balaban J connectivity index is 1.86. The summed E-state index contributed by atoms with van der Waals surface area (Å²) in [4.78, 5) is 12.2. The number of benzene rings is 2. The van der Waals surface area contributed by atoms with Crippen LogP contribution in [-0.4, -0.2) is 15.6 Å². The lowest BCUT2D eigenvalue weighted by Crippen LogP contribution is -2.17. The van der Waals surface area contributed by atoms with Crippen LogP contribution in [0.3, 0.4) is 0 Å². The Hall–Kier alpha value is -2.00. The largest absolute Gasteiger partial charge is 0.296 e. The number of para-hydroxylation sites is 2. The molecule has 0 amide bonds. The number of aryl methyl sites for hydroxylation is 1. The molecule has 1 heterocycles. The molecule has 1 N–H and O–H groups in total. The van der Waals surface area contributed by atoms with E-state index < -0.39 is 0 Å². The van der Waals surface area contributed by atoms with Gasteiger partial charge >= 0.3 is 0 Å². The van der Waals surface area contributed by atoms with Crippen molar-refractivity contribution < 1.29 is 4.79 Å². The highest BCUT2D eigenvalue weighted by atomic mass is 35.5. The summed E-state index contributed by atoms with van der Waals surface area (Å²) in [5, 5.41) is 3.64. The van der Waals surface area contributed by atoms with Gasteiger partial charge in [0.05, 0.1) is 16.1 Å². The summed E-state index contributed by atoms with van der Waals surface area (Å²) in [6.45, 7) is 2.23. The number of fused-ring (bicyclic) bond motifs is 1. The second-order valence-corrected chi connectivity index (χ2v) is 5.03. The van der Waals surface area contributed by atoms with E-state index in [1.165, 1.54) is 0 Å². The number of H-pyrrole nitrogens is 1. The predicted molar refractivity (Wildman–Crippen MR) is 76.8 cm³/mol. The Kier molecular flexibility index (Phi) is 2.91. The second kappa shape index (κ2) is 4.59. The lowest BCUT2D eigenvalue weighted by atomic mass is 10.1. The van der Waals surface area contributed by atoms with Crippen LogP contribution >= 0.6 is 11.6 Å². The van der Waals surface area contributed by atoms with Gasteiger partial charge in [-0.05, 0) is 36.8 Å². The molecule has 0 unspecified atom stereocenters. The van der Waals surface area contributed by atoms with Crippen molar-refractivity contribution in [3.05, 3.63) is 58.6 Å². The van der Waals surface area contributed by atoms with E-state index in [9.17, 15) is 4.79 Å². The molecule has 0 saturated heterocycles. The van der Waals surface area contributed by atoms with Crippen LogP contribution in [0.25, 0.3) is 11.0 Å². The van der Waals surface area contributed by atoms with Crippen molar-refractivity contribution in [2.45, 2.75) is 13.5 Å². The smallest absolute Gasteiger partial charge is 0.185 e. The van der Waals surface area contributed by atoms with Crippen LogP contribution in [-0.2, 0) is 6.54 Å². The minimum Gasteiger partial charge on any atom is -0.296 e. The van der Waals surface area contributed by atoms with Crippen LogP contribution in [0.2, 0.25) is 5.02 Å². The van der Waals surface area contributed by atoms with Crippen LogP contribution < -0.4 is 0 Å². The molecular formula is C15H13ClN2O. The van der Waals surface area contributed by atoms with Crippen LogP contribution in [0.5, 0.6) is 0 Å². The Morgan fingerprint density at radius 2 is 2.05 bits per heavy atom. The summed E-state index contributed by atoms with van der Waals surface area (Å²) in [5.41, 5.74) is 3.71. The molecule has 0 saturated carbocycles. The van der Waals surface area contributed by atoms with Crippen molar-refractivity contribution in [3.8, 4) is 0 Å². The number of carbonyl (C=O) groups is 1. The molecule has 0 aliphatic carbocycles. The molecule has 19 heavy (non-hydrogen) atoms. The van der Waals surface area contributed by atoms with Gasteiger partial charge in [0.1, 0.15) is 6.54 Å². The van der Waals surface area contributed by atoms with Gasteiger partial charge in [-0.25, -0.2) is 0 Å². The van der Waals surface area contributed by atoms with E-state index in [2.05, 4.69) is 5.10 Å². The zero-order chi connectivity index (χ0) is 13.4. The topological polar surface area (TPSA) is 37.8 Å². The number of Topliss-reactive ketones (excluding diaryl/α,β-unsaturated/α-hetero) is 1. The first-order valence-electron chi connectivity index (χ1n) is 6.08. The van der Waals surface area contributed by atoms with Gasteiger partial charge in [0, 0.05) is 5.56 Å². The molecule has 0 fully saturated rings. The molecule has 1 aromatic heterocycles. The maximum Gasteiger partial charge on any atom is 0.185 e. The van der Waals surface area contributed by atoms with Gasteiger partial charge < -0.3 is 0 Å². The number of aromatic nitrogens is 2. The van der Waals surface area contributed by atoms with E-state index in [1.807, 2.05) is 48.0 Å². The zero-order valence-electron chi connectivity index (χ0n) is 10.5. The second-order valence-electron chi connectivity index (χ2n) is 4.62. The molecule has 0 aliphatic heterocycles. The summed E-state index contributed by atoms with van der Waals surface area (Å²) in [6.07, 6.45) is 0. The molecule has 0 aliphatic rings. The highest BCUT2D eigenvalue weighted by Crippen LogP contribution is 2.20. The van der Waals surface area contributed by atoms with Gasteiger partial charge in [0.2, 0.25) is 0 Å². The third-order valence-electron chi connectivity index (χ3n) is 3.18. The Bertz CT molecular complexity index is 754. The van der Waals surface area contributed by atoms with Crippen molar-refractivity contribution >= 4 is 28.4 Å². The van der Waals surface area contributed by atoms with Crippen molar-refractivity contribution in [1.29, 1.82) is 0 Å². The summed E-state index contributed by atoms with van der Waals surface area (Å²) in [7, 11) is 0. The fraction of sp³-hybridized carbons (Fsp3) is 0.133. The SMILES string of the molecule is Cc1ccc(C(=O)Cn2[nH]c3ccccc32)c(Cl)c1. The number of nitrogens with one attached hydrogen (secondary N) is 1. The minimum absolute atomic E-state index is 0.00648. The lowest BCUT2D eigenvalue weighted by molar-refractivity contribution is 0.0968. The average Bonchev–Trinajstić information content (AvgIpc) is 2.35. The first kappa shape index (κ1) is 12.1. The molecule has 3 nitrogen and oxygen atoms in total. The van der Waals surface area contributed by atoms with Gasteiger partial charge in [-0.15, -0.1) is 0 Å². The standard InChI is InChI=1S/C15H13ClN2O/c1-10-6-7-11(12(16)8-10)15(19)9-18-14-5-3-2-4-13(14)17-18/h2-8,17H,9H2,1H3. The van der Waals surface area contributed by atoms with Crippen LogP contribution in [0.15, 0.2) is 42.5 Å². The first-order valence-corrected chi connectivity index (χ1v) is 6.45. The molecule has 0 radical (unpaired) electrons. The summed E-state index contributed by atoms with van der Waals surface area (Å²) < 4.78 is 1.83. The van der Waals surface area contributed by atoms with Gasteiger partial charge in [-0.1, -0.05) is 29.8 Å². The number of aromatic amines is 1. The highest BCUT2D eigenvalue weighted by molar-refractivity contribution is 6.34. The fourth-order valence-corrected chi connectivity index (χ4v) is 2.50. The van der Waals surface area contributed by atoms with Crippen molar-refractivity contribution in [2.75, 3.05) is 0 Å². The number of hydrogen-bond acceptors (Lipinski definition) is 1. The monoisotopic (exact) mass is 272 g/mol. The third kappa shape index (κ3) is 2.17.